The fourth-order valence-electron chi connectivity index (χ4n) is 1.16. The largest absolute Gasteiger partial charge is 0.414 e. The normalized spacial score (nSPS) is 20.9. The van der Waals surface area contributed by atoms with Crippen molar-refractivity contribution in [3.05, 3.63) is 0 Å². The Hall–Kier alpha value is -0.820. The van der Waals surface area contributed by atoms with Gasteiger partial charge in [-0.15, -0.1) is 0 Å². The van der Waals surface area contributed by atoms with Crippen LogP contribution in [0.1, 0.15) is 19.8 Å². The minimum absolute atomic E-state index is 0.0342. The van der Waals surface area contributed by atoms with Crippen LogP contribution in [0.2, 0.25) is 0 Å². The molecule has 15 heavy (non-hydrogen) atoms. The topological polar surface area (TPSA) is 64.4 Å². The SMILES string of the molecule is CC(N)(C(=O)NOCC(F)(F)F)C1CC1. The number of carbonyl (C=O) groups excluding carboxylic acids is 1. The molecule has 1 atom stereocenters. The third-order valence-electron chi connectivity index (χ3n) is 2.32. The van der Waals surface area contributed by atoms with E-state index < -0.39 is 24.2 Å². The molecule has 0 aromatic heterocycles. The zero-order valence-electron chi connectivity index (χ0n) is 8.23. The lowest BCUT2D eigenvalue weighted by atomic mass is 9.97. The number of hydrogen-bond donors (Lipinski definition) is 2. The van der Waals surface area contributed by atoms with E-state index in [9.17, 15) is 18.0 Å². The van der Waals surface area contributed by atoms with Gasteiger partial charge in [0.25, 0.3) is 5.91 Å². The number of carbonyl (C=O) groups is 1. The molecule has 0 heterocycles. The van der Waals surface area contributed by atoms with Crippen LogP contribution in [0, 0.1) is 5.92 Å². The van der Waals surface area contributed by atoms with Crippen LogP contribution in [0.5, 0.6) is 0 Å². The highest BCUT2D eigenvalue weighted by Gasteiger charge is 2.44. The van der Waals surface area contributed by atoms with Gasteiger partial charge in [-0.2, -0.15) is 13.2 Å². The molecular weight excluding hydrogens is 213 g/mol. The number of nitrogens with two attached hydrogens (primary N) is 1. The van der Waals surface area contributed by atoms with E-state index >= 15 is 0 Å². The van der Waals surface area contributed by atoms with Crippen LogP contribution in [0.15, 0.2) is 0 Å². The van der Waals surface area contributed by atoms with Crippen molar-refractivity contribution in [2.24, 2.45) is 11.7 Å². The Balaban J connectivity index is 2.29. The van der Waals surface area contributed by atoms with E-state index in [1.165, 1.54) is 6.92 Å². The summed E-state index contributed by atoms with van der Waals surface area (Å²) in [7, 11) is 0. The molecule has 1 saturated carbocycles. The van der Waals surface area contributed by atoms with E-state index in [1.807, 2.05) is 0 Å². The molecule has 3 N–H and O–H groups in total. The van der Waals surface area contributed by atoms with Gasteiger partial charge in [0, 0.05) is 0 Å². The summed E-state index contributed by atoms with van der Waals surface area (Å²) in [6, 6.07) is 0. The molecule has 0 aliphatic heterocycles. The van der Waals surface area contributed by atoms with Gasteiger partial charge in [0.15, 0.2) is 6.61 Å². The summed E-state index contributed by atoms with van der Waals surface area (Å²) >= 11 is 0. The van der Waals surface area contributed by atoms with Crippen molar-refractivity contribution in [1.82, 2.24) is 5.48 Å². The first-order chi connectivity index (χ1) is 6.73. The Morgan fingerprint density at radius 3 is 2.47 bits per heavy atom. The first kappa shape index (κ1) is 12.3. The standard InChI is InChI=1S/C8H13F3N2O2/c1-7(12,5-2-3-5)6(14)13-15-4-8(9,10)11/h5H,2-4,12H2,1H3,(H,13,14). The van der Waals surface area contributed by atoms with Gasteiger partial charge >= 0.3 is 6.18 Å². The number of hydroxylamine groups is 1. The number of alkyl halides is 3. The highest BCUT2D eigenvalue weighted by molar-refractivity contribution is 5.85. The van der Waals surface area contributed by atoms with Crippen LogP contribution in [0.4, 0.5) is 13.2 Å². The molecule has 4 nitrogen and oxygen atoms in total. The predicted molar refractivity (Wildman–Crippen MR) is 45.5 cm³/mol. The third-order valence-corrected chi connectivity index (χ3v) is 2.32. The summed E-state index contributed by atoms with van der Waals surface area (Å²) < 4.78 is 35.0. The second-order valence-electron chi connectivity index (χ2n) is 3.89. The fourth-order valence-corrected chi connectivity index (χ4v) is 1.16. The lowest BCUT2D eigenvalue weighted by Gasteiger charge is -2.22. The fraction of sp³-hybridized carbons (Fsp3) is 0.875. The quantitative estimate of drug-likeness (QED) is 0.694. The number of amides is 1. The summed E-state index contributed by atoms with van der Waals surface area (Å²) in [5.41, 5.74) is 6.21. The highest BCUT2D eigenvalue weighted by atomic mass is 19.4. The van der Waals surface area contributed by atoms with E-state index in [0.717, 1.165) is 12.8 Å². The van der Waals surface area contributed by atoms with Crippen molar-refractivity contribution >= 4 is 5.91 Å². The van der Waals surface area contributed by atoms with Gasteiger partial charge in [-0.05, 0) is 25.7 Å². The second-order valence-corrected chi connectivity index (χ2v) is 3.89. The first-order valence-electron chi connectivity index (χ1n) is 4.51. The zero-order chi connectivity index (χ0) is 11.7. The molecule has 0 bridgehead atoms. The van der Waals surface area contributed by atoms with Crippen molar-refractivity contribution < 1.29 is 22.8 Å². The van der Waals surface area contributed by atoms with Crippen LogP contribution in [-0.2, 0) is 9.63 Å². The van der Waals surface area contributed by atoms with E-state index in [-0.39, 0.29) is 5.92 Å². The Morgan fingerprint density at radius 2 is 2.07 bits per heavy atom. The highest BCUT2D eigenvalue weighted by Crippen LogP contribution is 2.38. The third kappa shape index (κ3) is 3.67. The monoisotopic (exact) mass is 226 g/mol. The summed E-state index contributed by atoms with van der Waals surface area (Å²) in [5, 5.41) is 0. The lowest BCUT2D eigenvalue weighted by molar-refractivity contribution is -0.193. The maximum absolute atomic E-state index is 11.7. The van der Waals surface area contributed by atoms with Crippen LogP contribution in [0.3, 0.4) is 0 Å². The van der Waals surface area contributed by atoms with E-state index in [0.29, 0.717) is 0 Å². The number of rotatable bonds is 4. The Kier molecular flexibility index (Phi) is 3.25. The van der Waals surface area contributed by atoms with Crippen molar-refractivity contribution in [3.8, 4) is 0 Å². The smallest absolute Gasteiger partial charge is 0.317 e. The molecule has 7 heteroatoms. The molecule has 0 aromatic carbocycles. The van der Waals surface area contributed by atoms with E-state index in [4.69, 9.17) is 5.73 Å². The molecule has 0 saturated heterocycles. The van der Waals surface area contributed by atoms with Gasteiger partial charge in [0.2, 0.25) is 0 Å². The average Bonchev–Trinajstić information content (AvgIpc) is 2.83. The first-order valence-corrected chi connectivity index (χ1v) is 4.51. The molecule has 0 radical (unpaired) electrons. The van der Waals surface area contributed by atoms with E-state index in [1.54, 1.807) is 5.48 Å². The summed E-state index contributed by atoms with van der Waals surface area (Å²) in [6.07, 6.45) is -2.82. The Morgan fingerprint density at radius 1 is 1.53 bits per heavy atom. The van der Waals surface area contributed by atoms with Crippen LogP contribution >= 0.6 is 0 Å². The van der Waals surface area contributed by atoms with Crippen LogP contribution in [0.25, 0.3) is 0 Å². The van der Waals surface area contributed by atoms with Crippen molar-refractivity contribution in [1.29, 1.82) is 0 Å². The van der Waals surface area contributed by atoms with Crippen LogP contribution < -0.4 is 11.2 Å². The molecule has 88 valence electrons. The van der Waals surface area contributed by atoms with Crippen molar-refractivity contribution in [2.75, 3.05) is 6.61 Å². The molecule has 1 unspecified atom stereocenters. The summed E-state index contributed by atoms with van der Waals surface area (Å²) in [6.45, 7) is -0.0313. The van der Waals surface area contributed by atoms with Crippen molar-refractivity contribution in [2.45, 2.75) is 31.5 Å². The number of halogens is 3. The molecule has 1 aliphatic rings. The van der Waals surface area contributed by atoms with Crippen molar-refractivity contribution in [3.63, 3.8) is 0 Å². The second kappa shape index (κ2) is 3.97. The average molecular weight is 226 g/mol. The minimum atomic E-state index is -4.46. The zero-order valence-corrected chi connectivity index (χ0v) is 8.23. The van der Waals surface area contributed by atoms with Gasteiger partial charge in [0.05, 0.1) is 5.54 Å². The minimum Gasteiger partial charge on any atom is -0.317 e. The number of hydrogen-bond acceptors (Lipinski definition) is 3. The van der Waals surface area contributed by atoms with Gasteiger partial charge in [-0.1, -0.05) is 0 Å². The lowest BCUT2D eigenvalue weighted by Crippen LogP contribution is -2.53. The summed E-state index contributed by atoms with van der Waals surface area (Å²) in [5.74, 6) is -0.679. The number of nitrogens with one attached hydrogen (secondary N) is 1. The molecular formula is C8H13F3N2O2. The Bertz CT molecular complexity index is 249. The summed E-state index contributed by atoms with van der Waals surface area (Å²) in [4.78, 5) is 15.3. The van der Waals surface area contributed by atoms with Gasteiger partial charge in [-0.25, -0.2) is 5.48 Å². The predicted octanol–water partition coefficient (Wildman–Crippen LogP) is 0.724. The van der Waals surface area contributed by atoms with Gasteiger partial charge < -0.3 is 5.73 Å². The molecule has 1 aliphatic carbocycles. The van der Waals surface area contributed by atoms with Gasteiger partial charge in [-0.3, -0.25) is 9.63 Å². The molecule has 1 fully saturated rings. The molecule has 0 spiro atoms. The maximum atomic E-state index is 11.7. The Labute approximate surface area is 84.9 Å². The van der Waals surface area contributed by atoms with Gasteiger partial charge in [0.1, 0.15) is 0 Å². The molecule has 1 rings (SSSR count). The molecule has 1 amide bonds. The maximum Gasteiger partial charge on any atom is 0.414 e. The molecule has 0 aromatic rings. The van der Waals surface area contributed by atoms with E-state index in [2.05, 4.69) is 4.84 Å². The van der Waals surface area contributed by atoms with Crippen LogP contribution in [-0.4, -0.2) is 24.2 Å².